The molecule has 0 amide bonds. The molecule has 2 rings (SSSR count). The Morgan fingerprint density at radius 2 is 1.60 bits per heavy atom. The zero-order valence-corrected chi connectivity index (χ0v) is 11.8. The molecule has 2 heteroatoms. The van der Waals surface area contributed by atoms with Crippen LogP contribution in [-0.2, 0) is 16.0 Å². The van der Waals surface area contributed by atoms with E-state index < -0.39 is 0 Å². The first kappa shape index (κ1) is 14.3. The lowest BCUT2D eigenvalue weighted by Gasteiger charge is -2.05. The van der Waals surface area contributed by atoms with Crippen molar-refractivity contribution < 1.29 is 9.53 Å². The van der Waals surface area contributed by atoms with E-state index in [2.05, 4.69) is 36.4 Å². The van der Waals surface area contributed by atoms with Crippen LogP contribution in [0.3, 0.4) is 0 Å². The van der Waals surface area contributed by atoms with Crippen molar-refractivity contribution in [3.63, 3.8) is 0 Å². The third-order valence-corrected chi connectivity index (χ3v) is 3.21. The van der Waals surface area contributed by atoms with Crippen LogP contribution in [0.4, 0.5) is 0 Å². The normalized spacial score (nSPS) is 10.2. The van der Waals surface area contributed by atoms with E-state index in [0.29, 0.717) is 13.0 Å². The molecule has 2 aromatic rings. The average molecular weight is 268 g/mol. The van der Waals surface area contributed by atoms with Crippen LogP contribution < -0.4 is 0 Å². The van der Waals surface area contributed by atoms with Gasteiger partial charge in [-0.2, -0.15) is 0 Å². The molecule has 20 heavy (non-hydrogen) atoms. The summed E-state index contributed by atoms with van der Waals surface area (Å²) in [6.45, 7) is 2.30. The second-order valence-electron chi connectivity index (χ2n) is 4.72. The second kappa shape index (κ2) is 7.49. The number of carbonyl (C=O) groups excluding carboxylic acids is 1. The molecule has 0 aliphatic rings. The molecule has 0 aliphatic heterocycles. The minimum atomic E-state index is -0.103. The summed E-state index contributed by atoms with van der Waals surface area (Å²) in [5.74, 6) is -0.103. The van der Waals surface area contributed by atoms with Crippen LogP contribution in [0, 0.1) is 0 Å². The van der Waals surface area contributed by atoms with E-state index in [1.54, 1.807) is 0 Å². The van der Waals surface area contributed by atoms with Crippen molar-refractivity contribution in [3.05, 3.63) is 60.2 Å². The molecule has 0 spiro atoms. The van der Waals surface area contributed by atoms with Gasteiger partial charge in [-0.15, -0.1) is 0 Å². The van der Waals surface area contributed by atoms with Gasteiger partial charge < -0.3 is 4.74 Å². The summed E-state index contributed by atoms with van der Waals surface area (Å²) in [7, 11) is 0. The summed E-state index contributed by atoms with van der Waals surface area (Å²) in [6.07, 6.45) is 2.24. The molecule has 0 N–H and O–H groups in total. The molecular weight excluding hydrogens is 248 g/mol. The van der Waals surface area contributed by atoms with Gasteiger partial charge in [0.25, 0.3) is 0 Å². The van der Waals surface area contributed by atoms with E-state index in [1.165, 1.54) is 16.7 Å². The van der Waals surface area contributed by atoms with Crippen molar-refractivity contribution in [1.29, 1.82) is 0 Å². The zero-order valence-electron chi connectivity index (χ0n) is 11.8. The van der Waals surface area contributed by atoms with E-state index in [4.69, 9.17) is 4.74 Å². The quantitative estimate of drug-likeness (QED) is 0.732. The fourth-order valence-corrected chi connectivity index (χ4v) is 2.16. The van der Waals surface area contributed by atoms with Crippen LogP contribution in [0.1, 0.15) is 25.3 Å². The maximum Gasteiger partial charge on any atom is 0.305 e. The van der Waals surface area contributed by atoms with Gasteiger partial charge in [0.15, 0.2) is 0 Å². The number of aryl methyl sites for hydroxylation is 1. The highest BCUT2D eigenvalue weighted by Crippen LogP contribution is 2.19. The fraction of sp³-hybridized carbons (Fsp3) is 0.278. The molecule has 0 saturated carbocycles. The Kier molecular flexibility index (Phi) is 5.36. The topological polar surface area (TPSA) is 26.3 Å². The first-order valence-corrected chi connectivity index (χ1v) is 7.09. The van der Waals surface area contributed by atoms with Crippen molar-refractivity contribution in [2.75, 3.05) is 6.61 Å². The van der Waals surface area contributed by atoms with Gasteiger partial charge >= 0.3 is 5.97 Å². The first-order valence-electron chi connectivity index (χ1n) is 7.09. The molecule has 0 aliphatic carbocycles. The SMILES string of the molecule is CCOC(=O)CCCc1ccc(-c2ccccc2)cc1. The van der Waals surface area contributed by atoms with Crippen LogP contribution >= 0.6 is 0 Å². The molecule has 0 heterocycles. The largest absolute Gasteiger partial charge is 0.466 e. The maximum atomic E-state index is 11.3. The van der Waals surface area contributed by atoms with Crippen molar-refractivity contribution >= 4 is 5.97 Å². The minimum Gasteiger partial charge on any atom is -0.466 e. The smallest absolute Gasteiger partial charge is 0.305 e. The molecular formula is C18H20O2. The van der Waals surface area contributed by atoms with Gasteiger partial charge in [0.1, 0.15) is 0 Å². The van der Waals surface area contributed by atoms with Gasteiger partial charge in [-0.25, -0.2) is 0 Å². The lowest BCUT2D eigenvalue weighted by Crippen LogP contribution is -2.03. The van der Waals surface area contributed by atoms with E-state index in [9.17, 15) is 4.79 Å². The molecule has 0 atom stereocenters. The molecule has 104 valence electrons. The van der Waals surface area contributed by atoms with Crippen LogP contribution in [0.5, 0.6) is 0 Å². The van der Waals surface area contributed by atoms with Gasteiger partial charge in [0.2, 0.25) is 0 Å². The zero-order chi connectivity index (χ0) is 14.2. The number of hydrogen-bond acceptors (Lipinski definition) is 2. The summed E-state index contributed by atoms with van der Waals surface area (Å²) in [4.78, 5) is 11.3. The molecule has 0 unspecified atom stereocenters. The summed E-state index contributed by atoms with van der Waals surface area (Å²) in [6, 6.07) is 18.9. The number of ether oxygens (including phenoxy) is 1. The third kappa shape index (κ3) is 4.23. The highest BCUT2D eigenvalue weighted by Gasteiger charge is 2.02. The Morgan fingerprint density at radius 3 is 2.25 bits per heavy atom. The molecule has 0 aromatic heterocycles. The molecule has 2 nitrogen and oxygen atoms in total. The number of carbonyl (C=O) groups is 1. The lowest BCUT2D eigenvalue weighted by molar-refractivity contribution is -0.143. The number of hydrogen-bond donors (Lipinski definition) is 0. The molecule has 0 radical (unpaired) electrons. The minimum absolute atomic E-state index is 0.103. The van der Waals surface area contributed by atoms with Crippen molar-refractivity contribution in [3.8, 4) is 11.1 Å². The van der Waals surface area contributed by atoms with Gasteiger partial charge in [0.05, 0.1) is 6.61 Å². The fourth-order valence-electron chi connectivity index (χ4n) is 2.16. The van der Waals surface area contributed by atoms with Gasteiger partial charge in [-0.3, -0.25) is 4.79 Å². The predicted octanol–water partition coefficient (Wildman–Crippen LogP) is 4.24. The average Bonchev–Trinajstić information content (AvgIpc) is 2.49. The van der Waals surface area contributed by atoms with Crippen LogP contribution in [-0.4, -0.2) is 12.6 Å². The third-order valence-electron chi connectivity index (χ3n) is 3.21. The van der Waals surface area contributed by atoms with Crippen molar-refractivity contribution in [2.45, 2.75) is 26.2 Å². The van der Waals surface area contributed by atoms with Gasteiger partial charge in [-0.05, 0) is 36.5 Å². The summed E-state index contributed by atoms with van der Waals surface area (Å²) in [5, 5.41) is 0. The predicted molar refractivity (Wildman–Crippen MR) is 81.4 cm³/mol. The van der Waals surface area contributed by atoms with Gasteiger partial charge in [-0.1, -0.05) is 54.6 Å². The van der Waals surface area contributed by atoms with E-state index >= 15 is 0 Å². The first-order chi connectivity index (χ1) is 9.79. The molecule has 0 fully saturated rings. The van der Waals surface area contributed by atoms with Gasteiger partial charge in [0, 0.05) is 6.42 Å². The molecule has 0 saturated heterocycles. The van der Waals surface area contributed by atoms with Crippen LogP contribution in [0.15, 0.2) is 54.6 Å². The lowest BCUT2D eigenvalue weighted by atomic mass is 10.0. The number of benzene rings is 2. The highest BCUT2D eigenvalue weighted by molar-refractivity contribution is 5.69. The monoisotopic (exact) mass is 268 g/mol. The number of esters is 1. The summed E-state index contributed by atoms with van der Waals surface area (Å²) < 4.78 is 4.92. The number of rotatable bonds is 6. The maximum absolute atomic E-state index is 11.3. The van der Waals surface area contributed by atoms with E-state index in [1.807, 2.05) is 25.1 Å². The van der Waals surface area contributed by atoms with Crippen molar-refractivity contribution in [2.24, 2.45) is 0 Å². The summed E-state index contributed by atoms with van der Waals surface area (Å²) >= 11 is 0. The Morgan fingerprint density at radius 1 is 0.950 bits per heavy atom. The highest BCUT2D eigenvalue weighted by atomic mass is 16.5. The molecule has 0 bridgehead atoms. The van der Waals surface area contributed by atoms with Crippen LogP contribution in [0.25, 0.3) is 11.1 Å². The van der Waals surface area contributed by atoms with Crippen molar-refractivity contribution in [1.82, 2.24) is 0 Å². The summed E-state index contributed by atoms with van der Waals surface area (Å²) in [5.41, 5.74) is 3.71. The van der Waals surface area contributed by atoms with E-state index in [0.717, 1.165) is 12.8 Å². The standard InChI is InChI=1S/C18H20O2/c1-2-20-18(19)10-6-7-15-11-13-17(14-12-15)16-8-4-3-5-9-16/h3-5,8-9,11-14H,2,6-7,10H2,1H3. The Balaban J connectivity index is 1.88. The Labute approximate surface area is 120 Å². The Hall–Kier alpha value is -2.09. The Bertz CT molecular complexity index is 529. The molecule has 2 aromatic carbocycles. The van der Waals surface area contributed by atoms with E-state index in [-0.39, 0.29) is 5.97 Å². The second-order valence-corrected chi connectivity index (χ2v) is 4.72. The van der Waals surface area contributed by atoms with Crippen LogP contribution in [0.2, 0.25) is 0 Å².